The lowest BCUT2D eigenvalue weighted by Gasteiger charge is -2.33. The number of hydrogen-bond acceptors (Lipinski definition) is 4. The molecule has 0 aromatic heterocycles. The molecule has 0 aliphatic carbocycles. The van der Waals surface area contributed by atoms with Crippen LogP contribution in [-0.4, -0.2) is 57.0 Å². The van der Waals surface area contributed by atoms with Gasteiger partial charge in [-0.15, -0.1) is 0 Å². The third kappa shape index (κ3) is 3.76. The van der Waals surface area contributed by atoms with E-state index in [0.717, 1.165) is 11.1 Å². The molecular formula is C19H18BNO5S. The first-order valence-corrected chi connectivity index (χ1v) is 9.91. The average Bonchev–Trinajstić information content (AvgIpc) is 2.64. The molecule has 1 fully saturated rings. The molecule has 3 rings (SSSR count). The molecule has 1 heterocycles. The van der Waals surface area contributed by atoms with Gasteiger partial charge in [-0.05, 0) is 23.3 Å². The van der Waals surface area contributed by atoms with Crippen LogP contribution in [0, 0.1) is 5.92 Å². The summed E-state index contributed by atoms with van der Waals surface area (Å²) in [7, 11) is 3.18. The van der Waals surface area contributed by atoms with Crippen LogP contribution in [0.5, 0.6) is 0 Å². The zero-order valence-corrected chi connectivity index (χ0v) is 15.5. The molecule has 27 heavy (non-hydrogen) atoms. The number of carboxylic acid groups (broad SMARTS) is 1. The summed E-state index contributed by atoms with van der Waals surface area (Å²) in [6.07, 6.45) is -0.338. The molecule has 1 saturated heterocycles. The highest BCUT2D eigenvalue weighted by Gasteiger charge is 2.45. The average molecular weight is 383 g/mol. The molecule has 8 heteroatoms. The van der Waals surface area contributed by atoms with Crippen molar-refractivity contribution in [2.75, 3.05) is 13.6 Å². The van der Waals surface area contributed by atoms with Crippen LogP contribution < -0.4 is 5.46 Å². The summed E-state index contributed by atoms with van der Waals surface area (Å²) in [6.45, 7) is -0.123. The molecular weight excluding hydrogens is 365 g/mol. The third-order valence-corrected chi connectivity index (χ3v) is 7.09. The van der Waals surface area contributed by atoms with Crippen LogP contribution in [0.3, 0.4) is 0 Å². The van der Waals surface area contributed by atoms with Crippen molar-refractivity contribution in [2.45, 2.75) is 16.6 Å². The maximum atomic E-state index is 13.0. The van der Waals surface area contributed by atoms with Gasteiger partial charge in [-0.2, -0.15) is 0 Å². The zero-order chi connectivity index (χ0) is 19.8. The summed E-state index contributed by atoms with van der Waals surface area (Å²) in [5, 5.41) is 8.15. The van der Waals surface area contributed by atoms with E-state index in [0.29, 0.717) is 5.46 Å². The highest BCUT2D eigenvalue weighted by atomic mass is 32.2. The van der Waals surface area contributed by atoms with E-state index < -0.39 is 27.0 Å². The highest BCUT2D eigenvalue weighted by Crippen LogP contribution is 2.30. The molecule has 0 saturated carbocycles. The predicted molar refractivity (Wildman–Crippen MR) is 102 cm³/mol. The van der Waals surface area contributed by atoms with E-state index in [1.54, 1.807) is 24.3 Å². The van der Waals surface area contributed by atoms with Crippen LogP contribution in [0.4, 0.5) is 0 Å². The number of sulfone groups is 1. The lowest BCUT2D eigenvalue weighted by atomic mass is 9.94. The van der Waals surface area contributed by atoms with Gasteiger partial charge in [0.05, 0.1) is 16.1 Å². The number of piperidine rings is 1. The lowest BCUT2D eigenvalue weighted by molar-refractivity contribution is -0.146. The molecule has 2 aromatic carbocycles. The number of benzene rings is 2. The Balaban J connectivity index is 1.93. The summed E-state index contributed by atoms with van der Waals surface area (Å²) < 4.78 is 26.0. The van der Waals surface area contributed by atoms with Crippen molar-refractivity contribution in [3.05, 3.63) is 48.5 Å². The van der Waals surface area contributed by atoms with E-state index in [2.05, 4.69) is 0 Å². The number of carbonyl (C=O) groups is 2. The van der Waals surface area contributed by atoms with E-state index in [9.17, 15) is 23.1 Å². The number of carboxylic acids is 1. The molecule has 2 atom stereocenters. The molecule has 1 N–H and O–H groups in total. The summed E-state index contributed by atoms with van der Waals surface area (Å²) in [4.78, 5) is 24.8. The largest absolute Gasteiger partial charge is 0.481 e. The Hall–Kier alpha value is -2.61. The molecule has 2 unspecified atom stereocenters. The van der Waals surface area contributed by atoms with Crippen LogP contribution in [0.1, 0.15) is 6.42 Å². The fourth-order valence-electron chi connectivity index (χ4n) is 3.24. The minimum Gasteiger partial charge on any atom is -0.481 e. The topological polar surface area (TPSA) is 91.8 Å². The van der Waals surface area contributed by atoms with Gasteiger partial charge in [-0.1, -0.05) is 41.9 Å². The molecule has 138 valence electrons. The Morgan fingerprint density at radius 3 is 2.11 bits per heavy atom. The molecule has 2 radical (unpaired) electrons. The van der Waals surface area contributed by atoms with Gasteiger partial charge >= 0.3 is 5.97 Å². The number of likely N-dealkylation sites (tertiary alicyclic amines) is 1. The number of hydrogen-bond donors (Lipinski definition) is 1. The summed E-state index contributed by atoms with van der Waals surface area (Å²) in [6, 6.07) is 13.4. The Bertz CT molecular complexity index is 970. The molecule has 1 aliphatic heterocycles. The van der Waals surface area contributed by atoms with Gasteiger partial charge in [0.2, 0.25) is 5.91 Å². The minimum absolute atomic E-state index is 0.00954. The third-order valence-electron chi connectivity index (χ3n) is 4.86. The number of amides is 1. The summed E-state index contributed by atoms with van der Waals surface area (Å²) in [5.74, 6) is -2.75. The van der Waals surface area contributed by atoms with E-state index >= 15 is 0 Å². The van der Waals surface area contributed by atoms with Crippen molar-refractivity contribution >= 4 is 35.0 Å². The normalized spacial score (nSPS) is 20.5. The monoisotopic (exact) mass is 383 g/mol. The van der Waals surface area contributed by atoms with Gasteiger partial charge in [0.25, 0.3) is 0 Å². The van der Waals surface area contributed by atoms with Crippen LogP contribution >= 0.6 is 0 Å². The fourth-order valence-corrected chi connectivity index (χ4v) is 5.10. The van der Waals surface area contributed by atoms with Gasteiger partial charge in [0, 0.05) is 20.0 Å². The van der Waals surface area contributed by atoms with Crippen molar-refractivity contribution in [2.24, 2.45) is 5.92 Å². The minimum atomic E-state index is -3.97. The fraction of sp³-hybridized carbons (Fsp3) is 0.263. The second-order valence-corrected chi connectivity index (χ2v) is 8.82. The molecule has 0 bridgehead atoms. The maximum absolute atomic E-state index is 13.0. The number of rotatable bonds is 4. The maximum Gasteiger partial charge on any atom is 0.309 e. The smallest absolute Gasteiger partial charge is 0.309 e. The van der Waals surface area contributed by atoms with Crippen molar-refractivity contribution in [1.82, 2.24) is 4.90 Å². The second-order valence-electron chi connectivity index (χ2n) is 6.65. The Morgan fingerprint density at radius 1 is 1.07 bits per heavy atom. The van der Waals surface area contributed by atoms with Crippen molar-refractivity contribution in [3.63, 3.8) is 0 Å². The first-order chi connectivity index (χ1) is 12.7. The Labute approximate surface area is 159 Å². The van der Waals surface area contributed by atoms with Crippen LogP contribution in [0.25, 0.3) is 11.1 Å². The van der Waals surface area contributed by atoms with Crippen molar-refractivity contribution in [1.29, 1.82) is 0 Å². The van der Waals surface area contributed by atoms with Gasteiger partial charge in [-0.3, -0.25) is 9.59 Å². The molecule has 1 amide bonds. The van der Waals surface area contributed by atoms with Crippen LogP contribution in [0.2, 0.25) is 0 Å². The first kappa shape index (κ1) is 19.2. The molecule has 6 nitrogen and oxygen atoms in total. The Kier molecular flexibility index (Phi) is 5.10. The van der Waals surface area contributed by atoms with Crippen LogP contribution in [-0.2, 0) is 19.4 Å². The highest BCUT2D eigenvalue weighted by molar-refractivity contribution is 7.92. The standard InChI is InChI=1S/C19H18BNO5S/c1-21-11-16(19(23)24)17(10-18(21)22)27(25,26)15-8-4-13(5-9-15)12-2-6-14(20)7-3-12/h2-9,16-17H,10-11H2,1H3,(H,23,24). The van der Waals surface area contributed by atoms with Crippen molar-refractivity contribution in [3.8, 4) is 11.1 Å². The van der Waals surface area contributed by atoms with Crippen molar-refractivity contribution < 1.29 is 23.1 Å². The van der Waals surface area contributed by atoms with E-state index in [-0.39, 0.29) is 23.8 Å². The van der Waals surface area contributed by atoms with Crippen LogP contribution in [0.15, 0.2) is 53.4 Å². The van der Waals surface area contributed by atoms with Gasteiger partial charge in [-0.25, -0.2) is 8.42 Å². The van der Waals surface area contributed by atoms with E-state index in [1.807, 2.05) is 12.1 Å². The number of aliphatic carboxylic acids is 1. The number of carbonyl (C=O) groups excluding carboxylic acids is 1. The SMILES string of the molecule is [B]c1ccc(-c2ccc(S(=O)(=O)C3CC(=O)N(C)CC3C(=O)O)cc2)cc1. The summed E-state index contributed by atoms with van der Waals surface area (Å²) in [5.41, 5.74) is 2.32. The van der Waals surface area contributed by atoms with Gasteiger partial charge in [0.1, 0.15) is 7.85 Å². The second kappa shape index (κ2) is 7.19. The predicted octanol–water partition coefficient (Wildman–Crippen LogP) is 0.853. The van der Waals surface area contributed by atoms with Gasteiger partial charge < -0.3 is 10.0 Å². The molecule has 2 aromatic rings. The van der Waals surface area contributed by atoms with E-state index in [4.69, 9.17) is 7.85 Å². The number of nitrogens with zero attached hydrogens (tertiary/aromatic N) is 1. The lowest BCUT2D eigenvalue weighted by Crippen LogP contribution is -2.50. The Morgan fingerprint density at radius 2 is 1.59 bits per heavy atom. The zero-order valence-electron chi connectivity index (χ0n) is 14.7. The molecule has 1 aliphatic rings. The van der Waals surface area contributed by atoms with Gasteiger partial charge in [0.15, 0.2) is 9.84 Å². The quantitative estimate of drug-likeness (QED) is 0.791. The summed E-state index contributed by atoms with van der Waals surface area (Å²) >= 11 is 0. The molecule has 0 spiro atoms. The first-order valence-electron chi connectivity index (χ1n) is 8.37. The van der Waals surface area contributed by atoms with E-state index in [1.165, 1.54) is 24.1 Å².